The summed E-state index contributed by atoms with van der Waals surface area (Å²) in [6.45, 7) is 3.48. The maximum atomic E-state index is 13.4. The minimum Gasteiger partial charge on any atom is -0.324 e. The predicted octanol–water partition coefficient (Wildman–Crippen LogP) is 4.32. The molecule has 0 unspecified atom stereocenters. The molecule has 7 nitrogen and oxygen atoms in total. The molecule has 32 heavy (non-hydrogen) atoms. The van der Waals surface area contributed by atoms with E-state index in [-0.39, 0.29) is 12.2 Å². The van der Waals surface area contributed by atoms with Crippen molar-refractivity contribution in [3.63, 3.8) is 0 Å². The topological polar surface area (TPSA) is 86.0 Å². The number of fused-ring (bicyclic) bond motifs is 1. The number of amides is 1. The van der Waals surface area contributed by atoms with Gasteiger partial charge in [-0.2, -0.15) is 0 Å². The summed E-state index contributed by atoms with van der Waals surface area (Å²) in [6, 6.07) is 13.9. The highest BCUT2D eigenvalue weighted by atomic mass is 35.5. The number of hydrogen-bond donors (Lipinski definition) is 1. The quantitative estimate of drug-likeness (QED) is 0.410. The monoisotopic (exact) mass is 486 g/mol. The number of nitrogens with one attached hydrogen (secondary N) is 1. The zero-order valence-corrected chi connectivity index (χ0v) is 19.7. The van der Waals surface area contributed by atoms with Crippen LogP contribution in [0, 0.1) is 6.92 Å². The van der Waals surface area contributed by atoms with E-state index < -0.39 is 17.2 Å². The number of halogens is 1. The third-order valence-electron chi connectivity index (χ3n) is 4.79. The Morgan fingerprint density at radius 2 is 1.91 bits per heavy atom. The summed E-state index contributed by atoms with van der Waals surface area (Å²) < 4.78 is 3.33. The smallest absolute Gasteiger partial charge is 0.324 e. The molecule has 4 rings (SSSR count). The molecule has 2 aromatic carbocycles. The first-order chi connectivity index (χ1) is 15.4. The third-order valence-corrected chi connectivity index (χ3v) is 7.26. The number of carbonyl (C=O) groups is 1. The Morgan fingerprint density at radius 1 is 1.16 bits per heavy atom. The van der Waals surface area contributed by atoms with Gasteiger partial charge >= 0.3 is 5.69 Å². The SMILES string of the molecule is CCSc1nc2c(s1)c(=O)n(-c1ccccc1)c(=O)n2CC(=O)Nc1cccc(Cl)c1C. The number of thioether (sulfide) groups is 1. The van der Waals surface area contributed by atoms with E-state index in [1.54, 1.807) is 55.5 Å². The molecule has 1 amide bonds. The first-order valence-corrected chi connectivity index (χ1v) is 12.0. The fourth-order valence-corrected chi connectivity index (χ4v) is 5.37. The van der Waals surface area contributed by atoms with Gasteiger partial charge in [0.15, 0.2) is 9.99 Å². The molecule has 1 N–H and O–H groups in total. The van der Waals surface area contributed by atoms with Gasteiger partial charge in [-0.05, 0) is 42.5 Å². The second kappa shape index (κ2) is 9.32. The Balaban J connectivity index is 1.84. The number of carbonyl (C=O) groups excluding carboxylic acids is 1. The Hall–Kier alpha value is -2.88. The van der Waals surface area contributed by atoms with Crippen LogP contribution in [0.5, 0.6) is 0 Å². The second-order valence-electron chi connectivity index (χ2n) is 6.87. The number of hydrogen-bond acceptors (Lipinski definition) is 6. The number of para-hydroxylation sites is 1. The number of thiazole rings is 1. The van der Waals surface area contributed by atoms with Crippen LogP contribution in [0.4, 0.5) is 5.69 Å². The van der Waals surface area contributed by atoms with Crippen molar-refractivity contribution in [3.05, 3.63) is 80.0 Å². The lowest BCUT2D eigenvalue weighted by Gasteiger charge is -2.13. The van der Waals surface area contributed by atoms with E-state index in [1.807, 2.05) is 6.92 Å². The fourth-order valence-electron chi connectivity index (χ4n) is 3.22. The van der Waals surface area contributed by atoms with Crippen LogP contribution < -0.4 is 16.6 Å². The summed E-state index contributed by atoms with van der Waals surface area (Å²) >= 11 is 8.85. The third kappa shape index (κ3) is 4.23. The summed E-state index contributed by atoms with van der Waals surface area (Å²) in [7, 11) is 0. The number of benzene rings is 2. The van der Waals surface area contributed by atoms with Gasteiger partial charge in [-0.15, -0.1) is 11.3 Å². The van der Waals surface area contributed by atoms with E-state index in [0.29, 0.717) is 25.4 Å². The number of rotatable bonds is 6. The van der Waals surface area contributed by atoms with Crippen LogP contribution >= 0.6 is 34.7 Å². The van der Waals surface area contributed by atoms with Gasteiger partial charge < -0.3 is 5.32 Å². The number of anilines is 1. The first kappa shape index (κ1) is 22.3. The van der Waals surface area contributed by atoms with E-state index >= 15 is 0 Å². The van der Waals surface area contributed by atoms with Crippen LogP contribution in [0.1, 0.15) is 12.5 Å². The van der Waals surface area contributed by atoms with Gasteiger partial charge in [-0.3, -0.25) is 14.2 Å². The van der Waals surface area contributed by atoms with Crippen molar-refractivity contribution < 1.29 is 4.79 Å². The molecule has 0 radical (unpaired) electrons. The summed E-state index contributed by atoms with van der Waals surface area (Å²) in [6.07, 6.45) is 0. The summed E-state index contributed by atoms with van der Waals surface area (Å²) in [5, 5.41) is 3.33. The highest BCUT2D eigenvalue weighted by Crippen LogP contribution is 2.27. The molecule has 0 aliphatic carbocycles. The largest absolute Gasteiger partial charge is 0.337 e. The zero-order valence-electron chi connectivity index (χ0n) is 17.3. The Morgan fingerprint density at radius 3 is 2.62 bits per heavy atom. The molecule has 0 saturated carbocycles. The molecule has 4 aromatic rings. The second-order valence-corrected chi connectivity index (χ2v) is 9.79. The maximum Gasteiger partial charge on any atom is 0.337 e. The van der Waals surface area contributed by atoms with Gasteiger partial charge in [-0.1, -0.05) is 54.6 Å². The van der Waals surface area contributed by atoms with Crippen molar-refractivity contribution in [1.29, 1.82) is 0 Å². The van der Waals surface area contributed by atoms with E-state index in [4.69, 9.17) is 11.6 Å². The van der Waals surface area contributed by atoms with Crippen molar-refractivity contribution >= 4 is 56.6 Å². The molecule has 0 atom stereocenters. The van der Waals surface area contributed by atoms with Crippen molar-refractivity contribution in [3.8, 4) is 5.69 Å². The molecule has 0 fully saturated rings. The van der Waals surface area contributed by atoms with Gasteiger partial charge in [0.25, 0.3) is 5.56 Å². The minimum absolute atomic E-state index is 0.214. The van der Waals surface area contributed by atoms with Crippen molar-refractivity contribution in [2.45, 2.75) is 24.7 Å². The lowest BCUT2D eigenvalue weighted by Crippen LogP contribution is -2.40. The van der Waals surface area contributed by atoms with Crippen LogP contribution in [0.3, 0.4) is 0 Å². The molecular formula is C22H19ClN4O3S2. The number of aromatic nitrogens is 3. The van der Waals surface area contributed by atoms with Crippen LogP contribution in [0.25, 0.3) is 16.0 Å². The summed E-state index contributed by atoms with van der Waals surface area (Å²) in [4.78, 5) is 43.9. The van der Waals surface area contributed by atoms with Gasteiger partial charge in [0.05, 0.1) is 5.69 Å². The van der Waals surface area contributed by atoms with Gasteiger partial charge in [0, 0.05) is 10.7 Å². The minimum atomic E-state index is -0.620. The molecule has 0 aliphatic heterocycles. The predicted molar refractivity (Wildman–Crippen MR) is 131 cm³/mol. The average Bonchev–Trinajstić information content (AvgIpc) is 3.20. The van der Waals surface area contributed by atoms with Crippen molar-refractivity contribution in [1.82, 2.24) is 14.1 Å². The van der Waals surface area contributed by atoms with E-state index in [1.165, 1.54) is 27.7 Å². The summed E-state index contributed by atoms with van der Waals surface area (Å²) in [5.41, 5.74) is 0.866. The molecule has 2 aromatic heterocycles. The molecule has 164 valence electrons. The highest BCUT2D eigenvalue weighted by molar-refractivity contribution is 8.01. The van der Waals surface area contributed by atoms with Crippen LogP contribution in [0.15, 0.2) is 62.5 Å². The van der Waals surface area contributed by atoms with Gasteiger partial charge in [-0.25, -0.2) is 14.3 Å². The van der Waals surface area contributed by atoms with E-state index in [0.717, 1.165) is 15.9 Å². The maximum absolute atomic E-state index is 13.4. The lowest BCUT2D eigenvalue weighted by atomic mass is 10.2. The zero-order chi connectivity index (χ0) is 22.8. The lowest BCUT2D eigenvalue weighted by molar-refractivity contribution is -0.116. The Kier molecular flexibility index (Phi) is 6.50. The Bertz CT molecular complexity index is 1430. The molecule has 0 bridgehead atoms. The molecule has 0 spiro atoms. The van der Waals surface area contributed by atoms with E-state index in [2.05, 4.69) is 10.3 Å². The molecule has 0 saturated heterocycles. The molecular weight excluding hydrogens is 468 g/mol. The fraction of sp³-hybridized carbons (Fsp3) is 0.182. The van der Waals surface area contributed by atoms with Gasteiger partial charge in [0.2, 0.25) is 5.91 Å². The van der Waals surface area contributed by atoms with Gasteiger partial charge in [0.1, 0.15) is 11.2 Å². The first-order valence-electron chi connectivity index (χ1n) is 9.80. The highest BCUT2D eigenvalue weighted by Gasteiger charge is 2.21. The van der Waals surface area contributed by atoms with Crippen molar-refractivity contribution in [2.75, 3.05) is 11.1 Å². The number of nitrogens with zero attached hydrogens (tertiary/aromatic N) is 3. The molecule has 2 heterocycles. The summed E-state index contributed by atoms with van der Waals surface area (Å²) in [5.74, 6) is 0.348. The van der Waals surface area contributed by atoms with E-state index in [9.17, 15) is 14.4 Å². The van der Waals surface area contributed by atoms with Crippen LogP contribution in [0.2, 0.25) is 5.02 Å². The van der Waals surface area contributed by atoms with Crippen LogP contribution in [-0.4, -0.2) is 25.8 Å². The molecule has 0 aliphatic rings. The normalized spacial score (nSPS) is 11.1. The van der Waals surface area contributed by atoms with Crippen molar-refractivity contribution in [2.24, 2.45) is 0 Å². The van der Waals surface area contributed by atoms with Crippen LogP contribution in [-0.2, 0) is 11.3 Å². The average molecular weight is 487 g/mol. The Labute approximate surface area is 196 Å². The molecule has 10 heteroatoms. The standard InChI is InChI=1S/C22H19ClN4O3S2/c1-3-31-21-25-19-18(32-21)20(29)27(14-8-5-4-6-9-14)22(30)26(19)12-17(28)24-16-11-7-10-15(23)13(16)2/h4-11H,3,12H2,1-2H3,(H,24,28).